The van der Waals surface area contributed by atoms with Crippen LogP contribution in [0, 0.1) is 6.92 Å². The van der Waals surface area contributed by atoms with E-state index >= 15 is 0 Å². The first kappa shape index (κ1) is 15.5. The Morgan fingerprint density at radius 1 is 1.00 bits per heavy atom. The van der Waals surface area contributed by atoms with E-state index in [9.17, 15) is 0 Å². The van der Waals surface area contributed by atoms with Gasteiger partial charge in [0, 0.05) is 24.2 Å². The highest BCUT2D eigenvalue weighted by Crippen LogP contribution is 2.18. The third-order valence-corrected chi connectivity index (χ3v) is 3.64. The minimum Gasteiger partial charge on any atom is -0.370 e. The first-order chi connectivity index (χ1) is 10.2. The lowest BCUT2D eigenvalue weighted by Gasteiger charge is -2.13. The maximum atomic E-state index is 4.73. The number of anilines is 1. The molecule has 0 saturated heterocycles. The molecule has 0 bridgehead atoms. The van der Waals surface area contributed by atoms with Gasteiger partial charge in [-0.2, -0.15) is 0 Å². The molecule has 1 heterocycles. The van der Waals surface area contributed by atoms with Crippen LogP contribution in [0.3, 0.4) is 0 Å². The summed E-state index contributed by atoms with van der Waals surface area (Å²) in [7, 11) is 0. The molecular formula is C18H25N3. The topological polar surface area (TPSA) is 37.8 Å². The molecule has 2 aromatic rings. The number of hydrogen-bond acceptors (Lipinski definition) is 3. The van der Waals surface area contributed by atoms with Gasteiger partial charge < -0.3 is 5.32 Å². The Kier molecular flexibility index (Phi) is 5.73. The summed E-state index contributed by atoms with van der Waals surface area (Å²) in [4.78, 5) is 9.41. The lowest BCUT2D eigenvalue weighted by atomic mass is 10.1. The number of nitrogens with one attached hydrogen (secondary N) is 1. The summed E-state index contributed by atoms with van der Waals surface area (Å²) in [6, 6.07) is 10.5. The molecule has 0 unspecified atom stereocenters. The highest BCUT2D eigenvalue weighted by atomic mass is 15.0. The van der Waals surface area contributed by atoms with Crippen LogP contribution in [-0.4, -0.2) is 16.5 Å². The third kappa shape index (κ3) is 4.28. The molecule has 0 aliphatic heterocycles. The molecule has 1 N–H and O–H groups in total. The molecule has 112 valence electrons. The van der Waals surface area contributed by atoms with Gasteiger partial charge in [-0.1, -0.05) is 44.2 Å². The molecule has 1 aromatic carbocycles. The van der Waals surface area contributed by atoms with E-state index in [0.717, 1.165) is 49.6 Å². The number of hydrogen-bond donors (Lipinski definition) is 1. The van der Waals surface area contributed by atoms with E-state index in [-0.39, 0.29) is 0 Å². The minimum atomic E-state index is 0.885. The summed E-state index contributed by atoms with van der Waals surface area (Å²) < 4.78 is 0. The summed E-state index contributed by atoms with van der Waals surface area (Å²) in [5, 5.41) is 3.44. The smallest absolute Gasteiger partial charge is 0.133 e. The van der Waals surface area contributed by atoms with E-state index in [1.165, 1.54) is 11.1 Å². The van der Waals surface area contributed by atoms with Gasteiger partial charge in [-0.05, 0) is 31.7 Å². The molecular weight excluding hydrogens is 258 g/mol. The molecule has 2 rings (SSSR count). The van der Waals surface area contributed by atoms with Gasteiger partial charge in [0.15, 0.2) is 0 Å². The van der Waals surface area contributed by atoms with Crippen LogP contribution in [0.2, 0.25) is 0 Å². The fourth-order valence-corrected chi connectivity index (χ4v) is 2.48. The van der Waals surface area contributed by atoms with Crippen molar-refractivity contribution in [2.45, 2.75) is 46.5 Å². The van der Waals surface area contributed by atoms with Crippen molar-refractivity contribution in [3.05, 3.63) is 53.0 Å². The first-order valence-corrected chi connectivity index (χ1v) is 7.88. The lowest BCUT2D eigenvalue weighted by Crippen LogP contribution is -2.11. The monoisotopic (exact) mass is 283 g/mol. The van der Waals surface area contributed by atoms with Gasteiger partial charge in [0.05, 0.1) is 0 Å². The van der Waals surface area contributed by atoms with E-state index < -0.39 is 0 Å². The van der Waals surface area contributed by atoms with Gasteiger partial charge in [-0.15, -0.1) is 0 Å². The molecule has 3 nitrogen and oxygen atoms in total. The van der Waals surface area contributed by atoms with Crippen molar-refractivity contribution in [3.63, 3.8) is 0 Å². The Labute approximate surface area is 127 Å². The van der Waals surface area contributed by atoms with E-state index in [1.807, 2.05) is 6.07 Å². The predicted octanol–water partition coefficient (Wildman–Crippen LogP) is 3.95. The van der Waals surface area contributed by atoms with Crippen molar-refractivity contribution in [2.75, 3.05) is 11.9 Å². The average molecular weight is 283 g/mol. The number of rotatable bonds is 7. The van der Waals surface area contributed by atoms with Crippen molar-refractivity contribution in [1.29, 1.82) is 0 Å². The molecule has 0 aliphatic rings. The first-order valence-electron chi connectivity index (χ1n) is 7.88. The maximum Gasteiger partial charge on any atom is 0.133 e. The van der Waals surface area contributed by atoms with Crippen LogP contribution in [0.1, 0.15) is 42.9 Å². The van der Waals surface area contributed by atoms with Crippen LogP contribution >= 0.6 is 0 Å². The fourth-order valence-electron chi connectivity index (χ4n) is 2.48. The molecule has 0 radical (unpaired) electrons. The largest absolute Gasteiger partial charge is 0.370 e. The Morgan fingerprint density at radius 2 is 1.76 bits per heavy atom. The Balaban J connectivity index is 2.14. The molecule has 0 aliphatic carbocycles. The second-order valence-corrected chi connectivity index (χ2v) is 5.32. The molecule has 0 atom stereocenters. The fraction of sp³-hybridized carbons (Fsp3) is 0.444. The summed E-state index contributed by atoms with van der Waals surface area (Å²) in [5.41, 5.74) is 3.68. The molecule has 3 heteroatoms. The van der Waals surface area contributed by atoms with Crippen molar-refractivity contribution in [2.24, 2.45) is 0 Å². The average Bonchev–Trinajstić information content (AvgIpc) is 2.51. The summed E-state index contributed by atoms with van der Waals surface area (Å²) in [5.74, 6) is 1.96. The van der Waals surface area contributed by atoms with Crippen molar-refractivity contribution < 1.29 is 0 Å². The predicted molar refractivity (Wildman–Crippen MR) is 88.8 cm³/mol. The van der Waals surface area contributed by atoms with Crippen molar-refractivity contribution >= 4 is 5.82 Å². The zero-order valence-corrected chi connectivity index (χ0v) is 13.3. The quantitative estimate of drug-likeness (QED) is 0.836. The van der Waals surface area contributed by atoms with Crippen LogP contribution in [0.5, 0.6) is 0 Å². The Hall–Kier alpha value is -1.90. The van der Waals surface area contributed by atoms with Crippen molar-refractivity contribution in [1.82, 2.24) is 9.97 Å². The minimum absolute atomic E-state index is 0.885. The van der Waals surface area contributed by atoms with Gasteiger partial charge in [-0.3, -0.25) is 0 Å². The van der Waals surface area contributed by atoms with Crippen molar-refractivity contribution in [3.8, 4) is 0 Å². The number of nitrogens with zero attached hydrogens (tertiary/aromatic N) is 2. The lowest BCUT2D eigenvalue weighted by molar-refractivity contribution is 0.827. The van der Waals surface area contributed by atoms with Gasteiger partial charge in [0.25, 0.3) is 0 Å². The Morgan fingerprint density at radius 3 is 2.43 bits per heavy atom. The molecule has 0 amide bonds. The second kappa shape index (κ2) is 7.77. The van der Waals surface area contributed by atoms with Crippen LogP contribution in [0.4, 0.5) is 5.82 Å². The molecule has 0 fully saturated rings. The number of benzene rings is 1. The molecule has 21 heavy (non-hydrogen) atoms. The van der Waals surface area contributed by atoms with Gasteiger partial charge >= 0.3 is 0 Å². The highest BCUT2D eigenvalue weighted by Gasteiger charge is 2.10. The van der Waals surface area contributed by atoms with E-state index in [4.69, 9.17) is 4.98 Å². The Bertz CT molecular complexity index is 564. The van der Waals surface area contributed by atoms with Crippen LogP contribution < -0.4 is 5.32 Å². The zero-order chi connectivity index (χ0) is 15.1. The maximum absolute atomic E-state index is 4.73. The van der Waals surface area contributed by atoms with Crippen LogP contribution in [0.15, 0.2) is 30.3 Å². The van der Waals surface area contributed by atoms with E-state index in [2.05, 4.69) is 55.3 Å². The summed E-state index contributed by atoms with van der Waals surface area (Å²) >= 11 is 0. The van der Waals surface area contributed by atoms with Crippen LogP contribution in [0.25, 0.3) is 0 Å². The van der Waals surface area contributed by atoms with Crippen LogP contribution in [-0.2, 0) is 19.3 Å². The van der Waals surface area contributed by atoms with Gasteiger partial charge in [0.1, 0.15) is 11.6 Å². The number of aromatic nitrogens is 2. The third-order valence-electron chi connectivity index (χ3n) is 3.64. The highest BCUT2D eigenvalue weighted by molar-refractivity contribution is 5.46. The van der Waals surface area contributed by atoms with Gasteiger partial charge in [0.2, 0.25) is 0 Å². The second-order valence-electron chi connectivity index (χ2n) is 5.32. The normalized spacial score (nSPS) is 10.6. The van der Waals surface area contributed by atoms with Gasteiger partial charge in [-0.25, -0.2) is 9.97 Å². The standard InChI is InChI=1S/C18H25N3/c1-4-13-19-18-16(5-2)14(3)20-17(21-18)12-11-15-9-7-6-8-10-15/h6-10H,4-5,11-13H2,1-3H3,(H,19,20,21). The summed E-state index contributed by atoms with van der Waals surface area (Å²) in [6.07, 6.45) is 3.94. The molecule has 0 spiro atoms. The van der Waals surface area contributed by atoms with E-state index in [0.29, 0.717) is 0 Å². The summed E-state index contributed by atoms with van der Waals surface area (Å²) in [6.45, 7) is 7.38. The number of aryl methyl sites for hydroxylation is 3. The molecule has 0 saturated carbocycles. The SMILES string of the molecule is CCCNc1nc(CCc2ccccc2)nc(C)c1CC. The zero-order valence-electron chi connectivity index (χ0n) is 13.3. The molecule has 1 aromatic heterocycles. The van der Waals surface area contributed by atoms with E-state index in [1.54, 1.807) is 0 Å².